The zero-order valence-corrected chi connectivity index (χ0v) is 12.6. The van der Waals surface area contributed by atoms with Crippen molar-refractivity contribution in [2.45, 2.75) is 70.4 Å². The Morgan fingerprint density at radius 3 is 2.30 bits per heavy atom. The zero-order valence-electron chi connectivity index (χ0n) is 12.6. The van der Waals surface area contributed by atoms with Crippen LogP contribution in [-0.4, -0.2) is 39.8 Å². The molecule has 1 aliphatic carbocycles. The highest BCUT2D eigenvalue weighted by molar-refractivity contribution is 5.85. The lowest BCUT2D eigenvalue weighted by atomic mass is 9.80. The first-order valence-electron chi connectivity index (χ1n) is 7.51. The van der Waals surface area contributed by atoms with Crippen LogP contribution in [0.2, 0.25) is 0 Å². The van der Waals surface area contributed by atoms with Gasteiger partial charge in [-0.15, -0.1) is 0 Å². The van der Waals surface area contributed by atoms with Crippen molar-refractivity contribution >= 4 is 12.1 Å². The van der Waals surface area contributed by atoms with Crippen LogP contribution in [0.4, 0.5) is 4.79 Å². The molecule has 5 nitrogen and oxygen atoms in total. The van der Waals surface area contributed by atoms with Crippen LogP contribution < -0.4 is 0 Å². The van der Waals surface area contributed by atoms with Crippen LogP contribution in [0.1, 0.15) is 59.3 Å². The maximum absolute atomic E-state index is 12.4. The second-order valence-electron chi connectivity index (χ2n) is 6.95. The Balaban J connectivity index is 2.25. The fourth-order valence-corrected chi connectivity index (χ4v) is 3.64. The Labute approximate surface area is 120 Å². The lowest BCUT2D eigenvalue weighted by Crippen LogP contribution is -2.58. The van der Waals surface area contributed by atoms with Crippen molar-refractivity contribution in [3.05, 3.63) is 0 Å². The summed E-state index contributed by atoms with van der Waals surface area (Å²) in [6.07, 6.45) is 4.71. The molecule has 0 aromatic heterocycles. The number of carboxylic acids is 1. The lowest BCUT2D eigenvalue weighted by Gasteiger charge is -2.39. The monoisotopic (exact) mass is 283 g/mol. The van der Waals surface area contributed by atoms with Crippen molar-refractivity contribution in [3.8, 4) is 0 Å². The highest BCUT2D eigenvalue weighted by atomic mass is 16.6. The van der Waals surface area contributed by atoms with Crippen molar-refractivity contribution in [2.24, 2.45) is 5.92 Å². The van der Waals surface area contributed by atoms with Crippen LogP contribution in [0.5, 0.6) is 0 Å². The van der Waals surface area contributed by atoms with Crippen LogP contribution in [0.25, 0.3) is 0 Å². The molecule has 1 amide bonds. The molecule has 2 rings (SSSR count). The summed E-state index contributed by atoms with van der Waals surface area (Å²) in [6, 6.07) is 0. The van der Waals surface area contributed by atoms with Gasteiger partial charge in [0, 0.05) is 6.54 Å². The number of hydrogen-bond donors (Lipinski definition) is 1. The maximum Gasteiger partial charge on any atom is 0.411 e. The minimum atomic E-state index is -1.04. The number of ether oxygens (including phenoxy) is 1. The van der Waals surface area contributed by atoms with Gasteiger partial charge in [-0.25, -0.2) is 9.59 Å². The fraction of sp³-hybridized carbons (Fsp3) is 0.867. The third kappa shape index (κ3) is 2.63. The number of rotatable bonds is 2. The van der Waals surface area contributed by atoms with Gasteiger partial charge >= 0.3 is 12.1 Å². The van der Waals surface area contributed by atoms with Crippen LogP contribution in [0, 0.1) is 5.92 Å². The molecule has 5 heteroatoms. The molecule has 0 aromatic carbocycles. The first kappa shape index (κ1) is 15.1. The molecule has 1 N–H and O–H groups in total. The molecule has 0 aromatic rings. The summed E-state index contributed by atoms with van der Waals surface area (Å²) in [5, 5.41) is 9.79. The molecule has 0 spiro atoms. The Kier molecular flexibility index (Phi) is 3.98. The molecule has 1 aliphatic heterocycles. The molecule has 1 atom stereocenters. The van der Waals surface area contributed by atoms with Crippen LogP contribution in [0.3, 0.4) is 0 Å². The quantitative estimate of drug-likeness (QED) is 0.846. The SMILES string of the molecule is CC(C)(C)OC(=O)N1CCC[C@@]1(C(=O)O)C1CCCC1. The molecule has 1 saturated carbocycles. The summed E-state index contributed by atoms with van der Waals surface area (Å²) < 4.78 is 5.41. The second-order valence-corrected chi connectivity index (χ2v) is 6.95. The van der Waals surface area contributed by atoms with E-state index in [1.54, 1.807) is 20.8 Å². The van der Waals surface area contributed by atoms with Gasteiger partial charge in [0.05, 0.1) is 0 Å². The van der Waals surface area contributed by atoms with Gasteiger partial charge in [-0.2, -0.15) is 0 Å². The largest absolute Gasteiger partial charge is 0.479 e. The predicted octanol–water partition coefficient (Wildman–Crippen LogP) is 3.03. The molecule has 0 radical (unpaired) electrons. The number of carbonyl (C=O) groups is 2. The average molecular weight is 283 g/mol. The van der Waals surface area contributed by atoms with Crippen LogP contribution in [0.15, 0.2) is 0 Å². The van der Waals surface area contributed by atoms with E-state index >= 15 is 0 Å². The van der Waals surface area contributed by atoms with Gasteiger partial charge in [0.1, 0.15) is 11.1 Å². The van der Waals surface area contributed by atoms with E-state index in [-0.39, 0.29) is 5.92 Å². The van der Waals surface area contributed by atoms with Crippen LogP contribution >= 0.6 is 0 Å². The normalized spacial score (nSPS) is 27.9. The van der Waals surface area contributed by atoms with Gasteiger partial charge in [-0.05, 0) is 52.4 Å². The third-order valence-corrected chi connectivity index (χ3v) is 4.44. The molecular weight excluding hydrogens is 258 g/mol. The highest BCUT2D eigenvalue weighted by Crippen LogP contribution is 2.44. The van der Waals surface area contributed by atoms with E-state index in [0.29, 0.717) is 13.0 Å². The number of nitrogens with zero attached hydrogens (tertiary/aromatic N) is 1. The summed E-state index contributed by atoms with van der Waals surface area (Å²) in [5.41, 5.74) is -1.64. The van der Waals surface area contributed by atoms with E-state index in [1.165, 1.54) is 4.90 Å². The average Bonchev–Trinajstić information content (AvgIpc) is 2.96. The molecule has 1 heterocycles. The van der Waals surface area contributed by atoms with E-state index in [2.05, 4.69) is 0 Å². The third-order valence-electron chi connectivity index (χ3n) is 4.44. The van der Waals surface area contributed by atoms with E-state index in [0.717, 1.165) is 32.1 Å². The fourth-order valence-electron chi connectivity index (χ4n) is 3.64. The molecule has 0 unspecified atom stereocenters. The Morgan fingerprint density at radius 2 is 1.80 bits per heavy atom. The number of aliphatic carboxylic acids is 1. The minimum Gasteiger partial charge on any atom is -0.479 e. The number of likely N-dealkylation sites (tertiary alicyclic amines) is 1. The second kappa shape index (κ2) is 5.26. The Bertz CT molecular complexity index is 395. The van der Waals surface area contributed by atoms with Crippen molar-refractivity contribution in [1.82, 2.24) is 4.90 Å². The van der Waals surface area contributed by atoms with Gasteiger partial charge in [0.25, 0.3) is 0 Å². The predicted molar refractivity (Wildman–Crippen MR) is 74.5 cm³/mol. The summed E-state index contributed by atoms with van der Waals surface area (Å²) in [5.74, 6) is -0.803. The van der Waals surface area contributed by atoms with Gasteiger partial charge in [-0.1, -0.05) is 12.8 Å². The van der Waals surface area contributed by atoms with Gasteiger partial charge in [-0.3, -0.25) is 4.90 Å². The van der Waals surface area contributed by atoms with E-state index in [9.17, 15) is 14.7 Å². The van der Waals surface area contributed by atoms with Gasteiger partial charge in [0.2, 0.25) is 0 Å². The number of carboxylic acid groups (broad SMARTS) is 1. The van der Waals surface area contributed by atoms with E-state index in [4.69, 9.17) is 4.74 Å². The number of carbonyl (C=O) groups excluding carboxylic acids is 1. The lowest BCUT2D eigenvalue weighted by molar-refractivity contribution is -0.153. The topological polar surface area (TPSA) is 66.8 Å². The molecule has 0 bridgehead atoms. The van der Waals surface area contributed by atoms with Crippen molar-refractivity contribution in [3.63, 3.8) is 0 Å². The highest BCUT2D eigenvalue weighted by Gasteiger charge is 2.56. The molecule has 20 heavy (non-hydrogen) atoms. The zero-order chi connectivity index (χ0) is 15.0. The van der Waals surface area contributed by atoms with E-state index < -0.39 is 23.2 Å². The first-order valence-corrected chi connectivity index (χ1v) is 7.51. The minimum absolute atomic E-state index is 0.0648. The standard InChI is InChI=1S/C15H25NO4/c1-14(2,3)20-13(19)16-10-6-9-15(16,12(17)18)11-7-4-5-8-11/h11H,4-10H2,1-3H3,(H,17,18)/t15-/m0/s1. The number of hydrogen-bond acceptors (Lipinski definition) is 3. The summed E-state index contributed by atoms with van der Waals surface area (Å²) in [4.78, 5) is 25.8. The van der Waals surface area contributed by atoms with E-state index in [1.807, 2.05) is 0 Å². The van der Waals surface area contributed by atoms with Crippen molar-refractivity contribution < 1.29 is 19.4 Å². The van der Waals surface area contributed by atoms with Crippen LogP contribution in [-0.2, 0) is 9.53 Å². The number of amides is 1. The first-order chi connectivity index (χ1) is 9.27. The van der Waals surface area contributed by atoms with Gasteiger partial charge < -0.3 is 9.84 Å². The molecule has 114 valence electrons. The summed E-state index contributed by atoms with van der Waals surface area (Å²) in [6.45, 7) is 5.90. The molecular formula is C15H25NO4. The Hall–Kier alpha value is -1.26. The van der Waals surface area contributed by atoms with Crippen molar-refractivity contribution in [1.29, 1.82) is 0 Å². The molecule has 2 fully saturated rings. The van der Waals surface area contributed by atoms with Gasteiger partial charge in [0.15, 0.2) is 0 Å². The van der Waals surface area contributed by atoms with Crippen molar-refractivity contribution in [2.75, 3.05) is 6.54 Å². The summed E-state index contributed by atoms with van der Waals surface area (Å²) >= 11 is 0. The maximum atomic E-state index is 12.4. The smallest absolute Gasteiger partial charge is 0.411 e. The molecule has 2 aliphatic rings. The summed E-state index contributed by atoms with van der Waals surface area (Å²) in [7, 11) is 0. The molecule has 1 saturated heterocycles. The Morgan fingerprint density at radius 1 is 1.20 bits per heavy atom.